The van der Waals surface area contributed by atoms with Crippen LogP contribution in [0.5, 0.6) is 0 Å². The van der Waals surface area contributed by atoms with E-state index in [0.29, 0.717) is 11.3 Å². The highest BCUT2D eigenvalue weighted by Gasteiger charge is 2.20. The SMILES string of the molecule is CNC(C)c1ccc(SC2COC2)c(Br)c1. The smallest absolute Gasteiger partial charge is 0.0611 e. The van der Waals surface area contributed by atoms with Gasteiger partial charge in [-0.25, -0.2) is 0 Å². The number of thioether (sulfide) groups is 1. The molecule has 0 aromatic heterocycles. The van der Waals surface area contributed by atoms with Crippen molar-refractivity contribution in [3.8, 4) is 0 Å². The summed E-state index contributed by atoms with van der Waals surface area (Å²) in [7, 11) is 1.98. The zero-order valence-corrected chi connectivity index (χ0v) is 11.9. The number of benzene rings is 1. The average Bonchev–Trinajstić information content (AvgIpc) is 2.23. The molecule has 2 nitrogen and oxygen atoms in total. The molecule has 16 heavy (non-hydrogen) atoms. The van der Waals surface area contributed by atoms with Crippen molar-refractivity contribution in [2.45, 2.75) is 23.1 Å². The maximum atomic E-state index is 5.18. The lowest BCUT2D eigenvalue weighted by Crippen LogP contribution is -2.30. The van der Waals surface area contributed by atoms with Crippen LogP contribution in [0.2, 0.25) is 0 Å². The van der Waals surface area contributed by atoms with Gasteiger partial charge in [0.15, 0.2) is 0 Å². The molecule has 0 spiro atoms. The monoisotopic (exact) mass is 301 g/mol. The van der Waals surface area contributed by atoms with Gasteiger partial charge in [-0.15, -0.1) is 11.8 Å². The Hall–Kier alpha value is -0.0300. The summed E-state index contributed by atoms with van der Waals surface area (Å²) >= 11 is 5.53. The van der Waals surface area contributed by atoms with Crippen molar-refractivity contribution in [2.24, 2.45) is 0 Å². The van der Waals surface area contributed by atoms with Gasteiger partial charge in [-0.2, -0.15) is 0 Å². The normalized spacial score (nSPS) is 18.2. The molecular weight excluding hydrogens is 286 g/mol. The van der Waals surface area contributed by atoms with Gasteiger partial charge in [-0.05, 0) is 47.6 Å². The number of rotatable bonds is 4. The summed E-state index contributed by atoms with van der Waals surface area (Å²) in [6, 6.07) is 6.97. The van der Waals surface area contributed by atoms with Gasteiger partial charge in [0, 0.05) is 15.4 Å². The minimum absolute atomic E-state index is 0.391. The summed E-state index contributed by atoms with van der Waals surface area (Å²) in [6.45, 7) is 3.92. The van der Waals surface area contributed by atoms with Crippen molar-refractivity contribution in [2.75, 3.05) is 20.3 Å². The predicted octanol–water partition coefficient (Wildman–Crippen LogP) is 3.22. The van der Waals surface area contributed by atoms with Crippen molar-refractivity contribution >= 4 is 27.7 Å². The van der Waals surface area contributed by atoms with Crippen molar-refractivity contribution in [3.05, 3.63) is 28.2 Å². The second-order valence-electron chi connectivity index (χ2n) is 3.98. The van der Waals surface area contributed by atoms with E-state index in [1.807, 2.05) is 18.8 Å². The Morgan fingerprint density at radius 2 is 2.25 bits per heavy atom. The Bertz CT molecular complexity index is 368. The van der Waals surface area contributed by atoms with E-state index in [9.17, 15) is 0 Å². The molecule has 1 aliphatic rings. The molecule has 0 amide bonds. The van der Waals surface area contributed by atoms with Gasteiger partial charge in [0.2, 0.25) is 0 Å². The van der Waals surface area contributed by atoms with Crippen molar-refractivity contribution in [3.63, 3.8) is 0 Å². The van der Waals surface area contributed by atoms with Gasteiger partial charge in [0.25, 0.3) is 0 Å². The standard InChI is InChI=1S/C12H16BrNOS/c1-8(14-2)9-3-4-12(11(13)5-9)16-10-6-15-7-10/h3-5,8,10,14H,6-7H2,1-2H3. The third-order valence-corrected chi connectivity index (χ3v) is 4.92. The lowest BCUT2D eigenvalue weighted by Gasteiger charge is -2.25. The highest BCUT2D eigenvalue weighted by molar-refractivity contribution is 9.10. The lowest BCUT2D eigenvalue weighted by molar-refractivity contribution is 0.0455. The first-order valence-electron chi connectivity index (χ1n) is 5.42. The second kappa shape index (κ2) is 5.54. The summed E-state index contributed by atoms with van der Waals surface area (Å²) in [5.74, 6) is 0. The molecule has 1 atom stereocenters. The summed E-state index contributed by atoms with van der Waals surface area (Å²) in [4.78, 5) is 1.31. The minimum atomic E-state index is 0.391. The van der Waals surface area contributed by atoms with Gasteiger partial charge in [-0.1, -0.05) is 6.07 Å². The molecule has 0 bridgehead atoms. The zero-order chi connectivity index (χ0) is 11.5. The van der Waals surface area contributed by atoms with Crippen molar-refractivity contribution < 1.29 is 4.74 Å². The molecular formula is C12H16BrNOS. The molecule has 1 saturated heterocycles. The van der Waals surface area contributed by atoms with E-state index < -0.39 is 0 Å². The van der Waals surface area contributed by atoms with Crippen LogP contribution < -0.4 is 5.32 Å². The van der Waals surface area contributed by atoms with Crippen LogP contribution >= 0.6 is 27.7 Å². The fraction of sp³-hybridized carbons (Fsp3) is 0.500. The third-order valence-electron chi connectivity index (χ3n) is 2.79. The van der Waals surface area contributed by atoms with Gasteiger partial charge in [-0.3, -0.25) is 0 Å². The Morgan fingerprint density at radius 3 is 2.75 bits per heavy atom. The van der Waals surface area contributed by atoms with Crippen LogP contribution in [0.3, 0.4) is 0 Å². The topological polar surface area (TPSA) is 21.3 Å². The number of halogens is 1. The Labute approximate surface area is 109 Å². The molecule has 2 rings (SSSR count). The lowest BCUT2D eigenvalue weighted by atomic mass is 10.1. The number of ether oxygens (including phenoxy) is 1. The van der Waals surface area contributed by atoms with Crippen LogP contribution in [0, 0.1) is 0 Å². The molecule has 1 unspecified atom stereocenters. The molecule has 0 radical (unpaired) electrons. The fourth-order valence-corrected chi connectivity index (χ4v) is 3.19. The largest absolute Gasteiger partial charge is 0.379 e. The Kier molecular flexibility index (Phi) is 4.30. The molecule has 1 N–H and O–H groups in total. The Morgan fingerprint density at radius 1 is 1.50 bits per heavy atom. The van der Waals surface area contributed by atoms with Crippen LogP contribution in [-0.2, 0) is 4.74 Å². The quantitative estimate of drug-likeness (QED) is 0.923. The molecule has 0 saturated carbocycles. The number of hydrogen-bond donors (Lipinski definition) is 1. The fourth-order valence-electron chi connectivity index (χ4n) is 1.51. The average molecular weight is 302 g/mol. The highest BCUT2D eigenvalue weighted by Crippen LogP contribution is 2.34. The van der Waals surface area contributed by atoms with Crippen LogP contribution in [0.1, 0.15) is 18.5 Å². The van der Waals surface area contributed by atoms with Gasteiger partial charge >= 0.3 is 0 Å². The van der Waals surface area contributed by atoms with Gasteiger partial charge in [0.05, 0.1) is 18.5 Å². The van der Waals surface area contributed by atoms with Crippen LogP contribution in [0.4, 0.5) is 0 Å². The van der Waals surface area contributed by atoms with E-state index in [4.69, 9.17) is 4.74 Å². The van der Waals surface area contributed by atoms with E-state index in [-0.39, 0.29) is 0 Å². The highest BCUT2D eigenvalue weighted by atomic mass is 79.9. The third kappa shape index (κ3) is 2.80. The number of nitrogens with one attached hydrogen (secondary N) is 1. The summed E-state index contributed by atoms with van der Waals surface area (Å²) < 4.78 is 6.36. The summed E-state index contributed by atoms with van der Waals surface area (Å²) in [5, 5.41) is 3.87. The number of hydrogen-bond acceptors (Lipinski definition) is 3. The second-order valence-corrected chi connectivity index (χ2v) is 6.17. The van der Waals surface area contributed by atoms with Crippen molar-refractivity contribution in [1.29, 1.82) is 0 Å². The molecule has 1 aromatic carbocycles. The Balaban J connectivity index is 2.09. The van der Waals surface area contributed by atoms with Crippen LogP contribution in [0.15, 0.2) is 27.6 Å². The summed E-state index contributed by atoms with van der Waals surface area (Å²) in [5.41, 5.74) is 1.31. The van der Waals surface area contributed by atoms with Crippen molar-refractivity contribution in [1.82, 2.24) is 5.32 Å². The first kappa shape index (κ1) is 12.4. The molecule has 1 fully saturated rings. The minimum Gasteiger partial charge on any atom is -0.379 e. The molecule has 0 aliphatic carbocycles. The summed E-state index contributed by atoms with van der Waals surface area (Å²) in [6.07, 6.45) is 0. The molecule has 4 heteroatoms. The van der Waals surface area contributed by atoms with Gasteiger partial charge < -0.3 is 10.1 Å². The van der Waals surface area contributed by atoms with E-state index in [1.54, 1.807) is 0 Å². The van der Waals surface area contributed by atoms with E-state index >= 15 is 0 Å². The molecule has 1 heterocycles. The van der Waals surface area contributed by atoms with E-state index in [1.165, 1.54) is 14.9 Å². The molecule has 1 aliphatic heterocycles. The van der Waals surface area contributed by atoms with E-state index in [2.05, 4.69) is 46.4 Å². The molecule has 1 aromatic rings. The first-order chi connectivity index (χ1) is 7.70. The maximum absolute atomic E-state index is 5.18. The predicted molar refractivity (Wildman–Crippen MR) is 72.1 cm³/mol. The van der Waals surface area contributed by atoms with Crippen LogP contribution in [0.25, 0.3) is 0 Å². The van der Waals surface area contributed by atoms with Gasteiger partial charge in [0.1, 0.15) is 0 Å². The van der Waals surface area contributed by atoms with E-state index in [0.717, 1.165) is 13.2 Å². The van der Waals surface area contributed by atoms with Crippen LogP contribution in [-0.4, -0.2) is 25.5 Å². The zero-order valence-electron chi connectivity index (χ0n) is 9.50. The molecule has 88 valence electrons. The maximum Gasteiger partial charge on any atom is 0.0611 e. The first-order valence-corrected chi connectivity index (χ1v) is 7.09.